The first-order valence-corrected chi connectivity index (χ1v) is 9.93. The van der Waals surface area contributed by atoms with Crippen molar-refractivity contribution in [3.8, 4) is 0 Å². The van der Waals surface area contributed by atoms with Gasteiger partial charge in [-0.05, 0) is 48.6 Å². The predicted molar refractivity (Wildman–Crippen MR) is 115 cm³/mol. The van der Waals surface area contributed by atoms with E-state index in [4.69, 9.17) is 11.6 Å². The lowest BCUT2D eigenvalue weighted by molar-refractivity contribution is 0.192. The molecular weight excluding hydrogens is 393 g/mol. The number of nitrogens with one attached hydrogen (secondary N) is 2. The second-order valence-corrected chi connectivity index (χ2v) is 7.31. The molecule has 0 saturated carbocycles. The number of H-pyrrole nitrogens is 1. The van der Waals surface area contributed by atoms with E-state index in [-0.39, 0.29) is 22.7 Å². The number of aromatic nitrogens is 1. The van der Waals surface area contributed by atoms with Gasteiger partial charge in [-0.3, -0.25) is 4.79 Å². The van der Waals surface area contributed by atoms with Gasteiger partial charge in [0.05, 0.1) is 11.1 Å². The van der Waals surface area contributed by atoms with Gasteiger partial charge in [-0.2, -0.15) is 0 Å². The van der Waals surface area contributed by atoms with Crippen LogP contribution in [0.3, 0.4) is 0 Å². The van der Waals surface area contributed by atoms with Gasteiger partial charge in [0, 0.05) is 23.8 Å². The van der Waals surface area contributed by atoms with Gasteiger partial charge >= 0.3 is 6.03 Å². The monoisotopic (exact) mass is 415 g/mol. The van der Waals surface area contributed by atoms with E-state index in [0.717, 1.165) is 23.8 Å². The Morgan fingerprint density at radius 1 is 1.24 bits per heavy atom. The number of hydrogen-bond acceptors (Lipinski definition) is 2. The average molecular weight is 416 g/mol. The first-order chi connectivity index (χ1) is 13.9. The van der Waals surface area contributed by atoms with Crippen molar-refractivity contribution in [1.29, 1.82) is 0 Å². The number of hydrogen-bond donors (Lipinski definition) is 2. The molecule has 1 atom stereocenters. The highest BCUT2D eigenvalue weighted by Crippen LogP contribution is 2.27. The van der Waals surface area contributed by atoms with Crippen LogP contribution >= 0.6 is 11.6 Å². The van der Waals surface area contributed by atoms with Crippen molar-refractivity contribution in [2.24, 2.45) is 0 Å². The fourth-order valence-corrected chi connectivity index (χ4v) is 3.49. The molecule has 0 saturated heterocycles. The van der Waals surface area contributed by atoms with Crippen LogP contribution in [0.1, 0.15) is 38.3 Å². The smallest absolute Gasteiger partial charge is 0.322 e. The fourth-order valence-electron chi connectivity index (χ4n) is 3.31. The van der Waals surface area contributed by atoms with Crippen LogP contribution in [0, 0.1) is 5.82 Å². The van der Waals surface area contributed by atoms with Crippen molar-refractivity contribution in [3.05, 3.63) is 75.4 Å². The maximum Gasteiger partial charge on any atom is 0.322 e. The zero-order chi connectivity index (χ0) is 21.0. The van der Waals surface area contributed by atoms with Gasteiger partial charge in [0.25, 0.3) is 5.56 Å². The summed E-state index contributed by atoms with van der Waals surface area (Å²) in [6.07, 6.45) is 3.41. The Morgan fingerprint density at radius 2 is 1.97 bits per heavy atom. The molecule has 0 aliphatic carbocycles. The Kier molecular flexibility index (Phi) is 6.54. The lowest BCUT2D eigenvalue weighted by Gasteiger charge is -2.30. The summed E-state index contributed by atoms with van der Waals surface area (Å²) in [4.78, 5) is 29.7. The number of amides is 2. The van der Waals surface area contributed by atoms with Gasteiger partial charge in [0.1, 0.15) is 5.82 Å². The van der Waals surface area contributed by atoms with Gasteiger partial charge < -0.3 is 15.2 Å². The van der Waals surface area contributed by atoms with Gasteiger partial charge in [-0.25, -0.2) is 9.18 Å². The van der Waals surface area contributed by atoms with Crippen molar-refractivity contribution >= 4 is 34.1 Å². The van der Waals surface area contributed by atoms with Crippen molar-refractivity contribution in [1.82, 2.24) is 9.88 Å². The zero-order valence-electron chi connectivity index (χ0n) is 16.3. The summed E-state index contributed by atoms with van der Waals surface area (Å²) in [5, 5.41) is 4.13. The standard InChI is InChI=1S/C22H23ClFN3O2/c1-3-4-11-27(22(29)26-15-9-10-20(24)19(23)12-15)14(2)18-13-25-21(28)17-8-6-5-7-16(17)18/h5-10,12-14H,3-4,11H2,1-2H3,(H,25,28)(H,26,29)/t14-/m0/s1. The molecular formula is C22H23ClFN3O2. The first kappa shape index (κ1) is 20.9. The highest BCUT2D eigenvalue weighted by Gasteiger charge is 2.23. The molecule has 1 aromatic heterocycles. The van der Waals surface area contributed by atoms with Gasteiger partial charge in [-0.1, -0.05) is 43.1 Å². The van der Waals surface area contributed by atoms with E-state index in [0.29, 0.717) is 17.6 Å². The van der Waals surface area contributed by atoms with Crippen molar-refractivity contribution in [2.75, 3.05) is 11.9 Å². The summed E-state index contributed by atoms with van der Waals surface area (Å²) in [6, 6.07) is 10.8. The number of urea groups is 1. The second kappa shape index (κ2) is 9.09. The predicted octanol–water partition coefficient (Wildman–Crippen LogP) is 5.72. The molecule has 152 valence electrons. The van der Waals surface area contributed by atoms with Crippen LogP contribution in [0.5, 0.6) is 0 Å². The minimum absolute atomic E-state index is 0.0532. The van der Waals surface area contributed by atoms with Crippen LogP contribution in [-0.2, 0) is 0 Å². The fraction of sp³-hybridized carbons (Fsp3) is 0.273. The summed E-state index contributed by atoms with van der Waals surface area (Å²) in [5.74, 6) is -0.541. The molecule has 0 fully saturated rings. The van der Waals surface area contributed by atoms with E-state index in [2.05, 4.69) is 17.2 Å². The Bertz CT molecular complexity index is 1080. The van der Waals surface area contributed by atoms with Crippen molar-refractivity contribution in [3.63, 3.8) is 0 Å². The topological polar surface area (TPSA) is 65.2 Å². The number of rotatable bonds is 6. The Labute approximate surface area is 173 Å². The third-order valence-electron chi connectivity index (χ3n) is 4.94. The van der Waals surface area contributed by atoms with Crippen LogP contribution in [0.4, 0.5) is 14.9 Å². The Hall–Kier alpha value is -2.86. The summed E-state index contributed by atoms with van der Waals surface area (Å²) in [6.45, 7) is 4.51. The third-order valence-corrected chi connectivity index (χ3v) is 5.23. The number of pyridine rings is 1. The maximum atomic E-state index is 13.4. The molecule has 0 unspecified atom stereocenters. The van der Waals surface area contributed by atoms with E-state index >= 15 is 0 Å². The van der Waals surface area contributed by atoms with E-state index in [1.54, 1.807) is 17.2 Å². The molecule has 2 aromatic carbocycles. The quantitative estimate of drug-likeness (QED) is 0.541. The SMILES string of the molecule is CCCCN(C(=O)Nc1ccc(F)c(Cl)c1)[C@@H](C)c1c[nH]c(=O)c2ccccc12. The number of nitrogens with zero attached hydrogens (tertiary/aromatic N) is 1. The first-order valence-electron chi connectivity index (χ1n) is 9.55. The van der Waals surface area contributed by atoms with Crippen molar-refractivity contribution < 1.29 is 9.18 Å². The average Bonchev–Trinajstić information content (AvgIpc) is 2.71. The van der Waals surface area contributed by atoms with Crippen LogP contribution in [0.25, 0.3) is 10.8 Å². The number of aromatic amines is 1. The number of fused-ring (bicyclic) bond motifs is 1. The highest BCUT2D eigenvalue weighted by molar-refractivity contribution is 6.31. The normalized spacial score (nSPS) is 12.0. The summed E-state index contributed by atoms with van der Waals surface area (Å²) in [7, 11) is 0. The highest BCUT2D eigenvalue weighted by atomic mass is 35.5. The number of unbranched alkanes of at least 4 members (excludes halogenated alkanes) is 1. The molecule has 2 N–H and O–H groups in total. The van der Waals surface area contributed by atoms with Crippen LogP contribution in [0.2, 0.25) is 5.02 Å². The number of anilines is 1. The molecule has 5 nitrogen and oxygen atoms in total. The minimum atomic E-state index is -0.541. The minimum Gasteiger partial charge on any atom is -0.328 e. The third kappa shape index (κ3) is 4.59. The summed E-state index contributed by atoms with van der Waals surface area (Å²) < 4.78 is 13.4. The summed E-state index contributed by atoms with van der Waals surface area (Å²) >= 11 is 5.83. The molecule has 3 rings (SSSR count). The van der Waals surface area contributed by atoms with Crippen molar-refractivity contribution in [2.45, 2.75) is 32.7 Å². The van der Waals surface area contributed by atoms with Crippen LogP contribution in [-0.4, -0.2) is 22.5 Å². The molecule has 1 heterocycles. The Morgan fingerprint density at radius 3 is 2.66 bits per heavy atom. The largest absolute Gasteiger partial charge is 0.328 e. The molecule has 0 radical (unpaired) electrons. The number of carbonyl (C=O) groups is 1. The molecule has 7 heteroatoms. The summed E-state index contributed by atoms with van der Waals surface area (Å²) in [5.41, 5.74) is 1.10. The van der Waals surface area contributed by atoms with E-state index in [1.165, 1.54) is 18.2 Å². The van der Waals surface area contributed by atoms with Crippen LogP contribution in [0.15, 0.2) is 53.5 Å². The van der Waals surface area contributed by atoms with Gasteiger partial charge in [-0.15, -0.1) is 0 Å². The lowest BCUT2D eigenvalue weighted by atomic mass is 10.0. The molecule has 3 aromatic rings. The zero-order valence-corrected chi connectivity index (χ0v) is 17.1. The Balaban J connectivity index is 1.93. The molecule has 0 spiro atoms. The second-order valence-electron chi connectivity index (χ2n) is 6.90. The van der Waals surface area contributed by atoms with E-state index < -0.39 is 5.82 Å². The molecule has 0 bridgehead atoms. The maximum absolute atomic E-state index is 13.4. The molecule has 29 heavy (non-hydrogen) atoms. The van der Waals surface area contributed by atoms with E-state index in [9.17, 15) is 14.0 Å². The van der Waals surface area contributed by atoms with Crippen LogP contribution < -0.4 is 10.9 Å². The van der Waals surface area contributed by atoms with Gasteiger partial charge in [0.2, 0.25) is 0 Å². The molecule has 0 aliphatic rings. The van der Waals surface area contributed by atoms with Gasteiger partial charge in [0.15, 0.2) is 0 Å². The number of carbonyl (C=O) groups excluding carboxylic acids is 1. The number of halogens is 2. The van der Waals surface area contributed by atoms with E-state index in [1.807, 2.05) is 25.1 Å². The molecule has 0 aliphatic heterocycles. The number of benzene rings is 2. The molecule has 2 amide bonds. The lowest BCUT2D eigenvalue weighted by Crippen LogP contribution is -2.38.